The molecule has 0 radical (unpaired) electrons. The van der Waals surface area contributed by atoms with Crippen molar-refractivity contribution in [1.29, 1.82) is 0 Å². The minimum Gasteiger partial charge on any atom is -0.0985 e. The van der Waals surface area contributed by atoms with Gasteiger partial charge in [0.05, 0.1) is 0 Å². The molecule has 0 aliphatic heterocycles. The Kier molecular flexibility index (Phi) is 11.8. The van der Waals surface area contributed by atoms with Crippen molar-refractivity contribution in [3.05, 3.63) is 120 Å². The summed E-state index contributed by atoms with van der Waals surface area (Å²) in [4.78, 5) is 0. The Balaban J connectivity index is 0.000000225. The number of aryl methyl sites for hydroxylation is 2. The Labute approximate surface area is 178 Å². The molecule has 0 nitrogen and oxygen atoms in total. The van der Waals surface area contributed by atoms with E-state index in [-0.39, 0.29) is 0 Å². The minimum atomic E-state index is 0.714. The Morgan fingerprint density at radius 3 is 1.52 bits per heavy atom. The van der Waals surface area contributed by atoms with Crippen molar-refractivity contribution in [2.24, 2.45) is 5.92 Å². The summed E-state index contributed by atoms with van der Waals surface area (Å²) in [7, 11) is 0. The lowest BCUT2D eigenvalue weighted by Crippen LogP contribution is -1.95. The Morgan fingerprint density at radius 2 is 1.14 bits per heavy atom. The summed E-state index contributed by atoms with van der Waals surface area (Å²) in [6.45, 7) is 16.2. The van der Waals surface area contributed by atoms with Crippen LogP contribution in [-0.2, 0) is 12.8 Å². The van der Waals surface area contributed by atoms with Crippen LogP contribution in [0.15, 0.2) is 92.0 Å². The van der Waals surface area contributed by atoms with Crippen LogP contribution in [0.2, 0.25) is 0 Å². The predicted octanol–water partition coefficient (Wildman–Crippen LogP) is 8.42. The molecular weight excluding hydrogens is 348 g/mol. The Morgan fingerprint density at radius 1 is 0.690 bits per heavy atom. The SMILES string of the molecule is C=Cc1ccccc1CC.C=Cc1ccccc1CC(C)C.Cc1ccccc1. The molecule has 0 heterocycles. The molecule has 0 unspecified atom stereocenters. The summed E-state index contributed by atoms with van der Waals surface area (Å²) in [5.41, 5.74) is 6.62. The number of hydrogen-bond acceptors (Lipinski definition) is 0. The quantitative estimate of drug-likeness (QED) is 0.414. The van der Waals surface area contributed by atoms with Crippen LogP contribution in [-0.4, -0.2) is 0 Å². The van der Waals surface area contributed by atoms with Crippen molar-refractivity contribution < 1.29 is 0 Å². The van der Waals surface area contributed by atoms with Gasteiger partial charge in [0.15, 0.2) is 0 Å². The lowest BCUT2D eigenvalue weighted by atomic mass is 9.98. The first kappa shape index (κ1) is 24.2. The summed E-state index contributed by atoms with van der Waals surface area (Å²) in [6.07, 6.45) is 6.06. The van der Waals surface area contributed by atoms with E-state index in [4.69, 9.17) is 0 Å². The third-order valence-corrected chi connectivity index (χ3v) is 4.50. The number of benzene rings is 3. The van der Waals surface area contributed by atoms with Crippen LogP contribution in [0.4, 0.5) is 0 Å². The van der Waals surface area contributed by atoms with Gasteiger partial charge in [-0.05, 0) is 47.9 Å². The number of hydrogen-bond donors (Lipinski definition) is 0. The first-order valence-electron chi connectivity index (χ1n) is 10.4. The highest BCUT2D eigenvalue weighted by Gasteiger charge is 2.00. The lowest BCUT2D eigenvalue weighted by Gasteiger charge is -2.07. The molecule has 0 aromatic heterocycles. The maximum absolute atomic E-state index is 3.80. The monoisotopic (exact) mass is 384 g/mol. The van der Waals surface area contributed by atoms with Gasteiger partial charge in [0.25, 0.3) is 0 Å². The van der Waals surface area contributed by atoms with Gasteiger partial charge in [-0.2, -0.15) is 0 Å². The van der Waals surface area contributed by atoms with Crippen molar-refractivity contribution in [2.45, 2.75) is 40.5 Å². The third-order valence-electron chi connectivity index (χ3n) is 4.50. The van der Waals surface area contributed by atoms with E-state index in [0.29, 0.717) is 5.92 Å². The molecule has 0 saturated heterocycles. The summed E-state index contributed by atoms with van der Waals surface area (Å²) >= 11 is 0. The van der Waals surface area contributed by atoms with Crippen molar-refractivity contribution in [2.75, 3.05) is 0 Å². The Hall–Kier alpha value is -2.86. The molecule has 152 valence electrons. The van der Waals surface area contributed by atoms with Gasteiger partial charge in [0.1, 0.15) is 0 Å². The van der Waals surface area contributed by atoms with E-state index in [9.17, 15) is 0 Å². The summed E-state index contributed by atoms with van der Waals surface area (Å²) in [6, 6.07) is 27.0. The van der Waals surface area contributed by atoms with Gasteiger partial charge in [-0.25, -0.2) is 0 Å². The topological polar surface area (TPSA) is 0 Å². The molecule has 0 spiro atoms. The molecule has 29 heavy (non-hydrogen) atoms. The van der Waals surface area contributed by atoms with E-state index in [1.807, 2.05) is 36.4 Å². The van der Waals surface area contributed by atoms with Gasteiger partial charge in [0, 0.05) is 0 Å². The molecule has 3 aromatic rings. The molecule has 0 saturated carbocycles. The van der Waals surface area contributed by atoms with Crippen LogP contribution < -0.4 is 0 Å². The molecule has 0 fully saturated rings. The zero-order valence-corrected chi connectivity index (χ0v) is 18.6. The van der Waals surface area contributed by atoms with E-state index in [1.54, 1.807) is 0 Å². The average molecular weight is 385 g/mol. The second-order valence-corrected chi connectivity index (χ2v) is 7.41. The van der Waals surface area contributed by atoms with E-state index in [2.05, 4.69) is 95.5 Å². The van der Waals surface area contributed by atoms with Crippen molar-refractivity contribution >= 4 is 12.2 Å². The van der Waals surface area contributed by atoms with Crippen LogP contribution >= 0.6 is 0 Å². The van der Waals surface area contributed by atoms with E-state index in [1.165, 1.54) is 27.8 Å². The fourth-order valence-corrected chi connectivity index (χ4v) is 2.95. The maximum atomic E-state index is 3.80. The molecular formula is C29H36. The summed E-state index contributed by atoms with van der Waals surface area (Å²) in [5.74, 6) is 0.714. The van der Waals surface area contributed by atoms with Crippen LogP contribution in [0.1, 0.15) is 48.6 Å². The van der Waals surface area contributed by atoms with Gasteiger partial charge >= 0.3 is 0 Å². The maximum Gasteiger partial charge on any atom is -0.0230 e. The average Bonchev–Trinajstić information content (AvgIpc) is 2.75. The molecule has 0 heteroatoms. The molecule has 0 atom stereocenters. The molecule has 3 rings (SSSR count). The summed E-state index contributed by atoms with van der Waals surface area (Å²) < 4.78 is 0. The fourth-order valence-electron chi connectivity index (χ4n) is 2.95. The Bertz CT molecular complexity index is 841. The zero-order valence-electron chi connectivity index (χ0n) is 18.6. The third kappa shape index (κ3) is 9.76. The van der Waals surface area contributed by atoms with Gasteiger partial charge in [-0.3, -0.25) is 0 Å². The van der Waals surface area contributed by atoms with Crippen molar-refractivity contribution in [3.8, 4) is 0 Å². The normalized spacial score (nSPS) is 9.55. The van der Waals surface area contributed by atoms with Gasteiger partial charge in [0.2, 0.25) is 0 Å². The molecule has 0 amide bonds. The first-order valence-corrected chi connectivity index (χ1v) is 10.4. The first-order chi connectivity index (χ1) is 14.0. The lowest BCUT2D eigenvalue weighted by molar-refractivity contribution is 0.646. The number of rotatable bonds is 5. The van der Waals surface area contributed by atoms with Gasteiger partial charge < -0.3 is 0 Å². The summed E-state index contributed by atoms with van der Waals surface area (Å²) in [5, 5.41) is 0. The molecule has 0 aliphatic carbocycles. The van der Waals surface area contributed by atoms with Crippen LogP contribution in [0.5, 0.6) is 0 Å². The smallest absolute Gasteiger partial charge is 0.0230 e. The highest BCUT2D eigenvalue weighted by Crippen LogP contribution is 2.14. The molecule has 0 aliphatic rings. The van der Waals surface area contributed by atoms with Gasteiger partial charge in [-0.15, -0.1) is 0 Å². The van der Waals surface area contributed by atoms with Crippen molar-refractivity contribution in [3.63, 3.8) is 0 Å². The predicted molar refractivity (Wildman–Crippen MR) is 132 cm³/mol. The van der Waals surface area contributed by atoms with E-state index >= 15 is 0 Å². The van der Waals surface area contributed by atoms with E-state index in [0.717, 1.165) is 12.8 Å². The van der Waals surface area contributed by atoms with Crippen LogP contribution in [0.25, 0.3) is 12.2 Å². The second-order valence-electron chi connectivity index (χ2n) is 7.41. The largest absolute Gasteiger partial charge is 0.0985 e. The minimum absolute atomic E-state index is 0.714. The highest BCUT2D eigenvalue weighted by molar-refractivity contribution is 5.52. The molecule has 3 aromatic carbocycles. The fraction of sp³-hybridized carbons (Fsp3) is 0.241. The molecule has 0 N–H and O–H groups in total. The van der Waals surface area contributed by atoms with E-state index < -0.39 is 0 Å². The standard InChI is InChI=1S/C12H16.C10H12.C7H8/c1-4-11-7-5-6-8-12(11)9-10(2)3;1-3-9-7-5-6-8-10(9)4-2;1-7-5-3-2-4-6-7/h4-8,10H,1,9H2,2-3H3;3,5-8H,1,4H2,2H3;2-6H,1H3. The van der Waals surface area contributed by atoms with Crippen molar-refractivity contribution in [1.82, 2.24) is 0 Å². The highest BCUT2D eigenvalue weighted by atomic mass is 14.1. The van der Waals surface area contributed by atoms with Gasteiger partial charge in [-0.1, -0.05) is 131 Å². The van der Waals surface area contributed by atoms with Crippen LogP contribution in [0, 0.1) is 12.8 Å². The second kappa shape index (κ2) is 14.2. The van der Waals surface area contributed by atoms with Crippen LogP contribution in [0.3, 0.4) is 0 Å². The zero-order chi connectivity index (χ0) is 21.5. The molecule has 0 bridgehead atoms.